The van der Waals surface area contributed by atoms with Crippen molar-refractivity contribution in [3.63, 3.8) is 0 Å². The van der Waals surface area contributed by atoms with E-state index in [9.17, 15) is 9.18 Å². The Bertz CT molecular complexity index is 657. The number of benzene rings is 1. The molecule has 112 valence electrons. The minimum Gasteiger partial charge on any atom is -0.351 e. The molecule has 1 aromatic carbocycles. The summed E-state index contributed by atoms with van der Waals surface area (Å²) in [6, 6.07) is 6.39. The largest absolute Gasteiger partial charge is 0.351 e. The van der Waals surface area contributed by atoms with Crippen molar-refractivity contribution in [3.05, 3.63) is 35.0 Å². The van der Waals surface area contributed by atoms with E-state index in [2.05, 4.69) is 5.32 Å². The molecule has 2 atom stereocenters. The van der Waals surface area contributed by atoms with Crippen molar-refractivity contribution in [2.45, 2.75) is 31.1 Å². The molecule has 21 heavy (non-hydrogen) atoms. The molecule has 0 bridgehead atoms. The number of carbonyl (C=O) groups is 1. The van der Waals surface area contributed by atoms with Crippen molar-refractivity contribution in [3.8, 4) is 0 Å². The van der Waals surface area contributed by atoms with Crippen LogP contribution < -0.4 is 5.32 Å². The highest BCUT2D eigenvalue weighted by Crippen LogP contribution is 2.29. The van der Waals surface area contributed by atoms with Crippen LogP contribution >= 0.6 is 22.9 Å². The molecule has 1 aliphatic carbocycles. The molecule has 5 heteroatoms. The second kappa shape index (κ2) is 6.32. The molecule has 2 unspecified atom stereocenters. The van der Waals surface area contributed by atoms with E-state index in [4.69, 9.17) is 11.6 Å². The van der Waals surface area contributed by atoms with Gasteiger partial charge in [-0.2, -0.15) is 0 Å². The number of carbonyl (C=O) groups excluding carboxylic acids is 1. The van der Waals surface area contributed by atoms with Gasteiger partial charge in [0.1, 0.15) is 5.82 Å². The van der Waals surface area contributed by atoms with Crippen molar-refractivity contribution >= 4 is 38.9 Å². The van der Waals surface area contributed by atoms with E-state index in [1.165, 1.54) is 36.3 Å². The Kier molecular flexibility index (Phi) is 4.45. The third-order valence-corrected chi connectivity index (χ3v) is 5.72. The zero-order valence-corrected chi connectivity index (χ0v) is 13.1. The molecule has 1 N–H and O–H groups in total. The second-order valence-corrected chi connectivity index (χ2v) is 7.21. The van der Waals surface area contributed by atoms with Crippen LogP contribution in [0.5, 0.6) is 0 Å². The summed E-state index contributed by atoms with van der Waals surface area (Å²) in [6.07, 6.45) is 4.47. The highest BCUT2D eigenvalue weighted by Gasteiger charge is 2.23. The lowest BCUT2D eigenvalue weighted by Crippen LogP contribution is -2.34. The van der Waals surface area contributed by atoms with Crippen LogP contribution in [0.4, 0.5) is 4.39 Å². The lowest BCUT2D eigenvalue weighted by molar-refractivity contribution is 0.0948. The van der Waals surface area contributed by atoms with Crippen molar-refractivity contribution in [2.24, 2.45) is 5.92 Å². The molecule has 2 aromatic rings. The minimum absolute atomic E-state index is 0.0916. The molecule has 1 aliphatic rings. The molecule has 2 nitrogen and oxygen atoms in total. The monoisotopic (exact) mass is 325 g/mol. The summed E-state index contributed by atoms with van der Waals surface area (Å²) in [4.78, 5) is 12.8. The quantitative estimate of drug-likeness (QED) is 0.823. The van der Waals surface area contributed by atoms with E-state index >= 15 is 0 Å². The van der Waals surface area contributed by atoms with Gasteiger partial charge in [0, 0.05) is 16.6 Å². The number of amides is 1. The van der Waals surface area contributed by atoms with Crippen molar-refractivity contribution in [1.29, 1.82) is 0 Å². The fourth-order valence-corrected chi connectivity index (χ4v) is 4.19. The summed E-state index contributed by atoms with van der Waals surface area (Å²) in [5, 5.41) is 4.03. The smallest absolute Gasteiger partial charge is 0.261 e. The Hall–Kier alpha value is -1.13. The average Bonchev–Trinajstić information content (AvgIpc) is 2.89. The number of hydrogen-bond acceptors (Lipinski definition) is 2. The van der Waals surface area contributed by atoms with E-state index in [0.29, 0.717) is 17.3 Å². The Balaban J connectivity index is 1.66. The first-order valence-electron chi connectivity index (χ1n) is 7.25. The molecule has 1 fully saturated rings. The zero-order valence-electron chi connectivity index (χ0n) is 11.6. The van der Waals surface area contributed by atoms with Crippen LogP contribution in [-0.4, -0.2) is 17.8 Å². The number of hydrogen-bond donors (Lipinski definition) is 1. The lowest BCUT2D eigenvalue weighted by Gasteiger charge is -2.26. The van der Waals surface area contributed by atoms with E-state index in [1.807, 2.05) is 6.07 Å². The molecular formula is C16H17ClFNOS. The predicted molar refractivity (Wildman–Crippen MR) is 85.7 cm³/mol. The molecule has 0 spiro atoms. The zero-order chi connectivity index (χ0) is 14.8. The van der Waals surface area contributed by atoms with Gasteiger partial charge in [0.25, 0.3) is 5.91 Å². The standard InChI is InChI=1S/C16H17ClFNOS/c17-13-4-2-1-3-11(13)9-19-16(20)15-7-10-5-6-12(18)8-14(10)21-15/h5-8,11,13H,1-4,9H2,(H,19,20). The maximum atomic E-state index is 13.2. The minimum atomic E-state index is -0.275. The molecule has 1 saturated carbocycles. The van der Waals surface area contributed by atoms with Gasteiger partial charge in [-0.25, -0.2) is 4.39 Å². The van der Waals surface area contributed by atoms with Gasteiger partial charge in [-0.3, -0.25) is 4.79 Å². The molecule has 0 radical (unpaired) electrons. The molecule has 0 saturated heterocycles. The van der Waals surface area contributed by atoms with Crippen LogP contribution in [0.3, 0.4) is 0 Å². The van der Waals surface area contributed by atoms with E-state index in [-0.39, 0.29) is 17.1 Å². The average molecular weight is 326 g/mol. The van der Waals surface area contributed by atoms with Crippen LogP contribution in [0, 0.1) is 11.7 Å². The highest BCUT2D eigenvalue weighted by atomic mass is 35.5. The van der Waals surface area contributed by atoms with Crippen LogP contribution in [0.1, 0.15) is 35.4 Å². The van der Waals surface area contributed by atoms with Crippen molar-refractivity contribution in [1.82, 2.24) is 5.32 Å². The normalized spacial score (nSPS) is 22.4. The third-order valence-electron chi connectivity index (χ3n) is 4.05. The number of halogens is 2. The van der Waals surface area contributed by atoms with Crippen LogP contribution in [0.15, 0.2) is 24.3 Å². The maximum absolute atomic E-state index is 13.2. The first-order valence-corrected chi connectivity index (χ1v) is 8.50. The topological polar surface area (TPSA) is 29.1 Å². The second-order valence-electron chi connectivity index (χ2n) is 5.56. The van der Waals surface area contributed by atoms with Gasteiger partial charge in [-0.1, -0.05) is 18.9 Å². The Morgan fingerprint density at radius 1 is 1.33 bits per heavy atom. The Morgan fingerprint density at radius 3 is 2.95 bits per heavy atom. The summed E-state index contributed by atoms with van der Waals surface area (Å²) >= 11 is 7.63. The number of rotatable bonds is 3. The van der Waals surface area contributed by atoms with E-state index in [1.54, 1.807) is 6.07 Å². The fourth-order valence-electron chi connectivity index (χ4n) is 2.82. The lowest BCUT2D eigenvalue weighted by atomic mass is 9.89. The third kappa shape index (κ3) is 3.38. The predicted octanol–water partition coefficient (Wildman–Crippen LogP) is 4.57. The first-order chi connectivity index (χ1) is 10.1. The number of alkyl halides is 1. The first kappa shape index (κ1) is 14.8. The summed E-state index contributed by atoms with van der Waals surface area (Å²) in [7, 11) is 0. The molecule has 1 aromatic heterocycles. The summed E-state index contributed by atoms with van der Waals surface area (Å²) in [5.74, 6) is -0.00858. The van der Waals surface area contributed by atoms with Gasteiger partial charge in [0.05, 0.1) is 4.88 Å². The Morgan fingerprint density at radius 2 is 2.14 bits per heavy atom. The molecule has 0 aliphatic heterocycles. The summed E-state index contributed by atoms with van der Waals surface area (Å²) < 4.78 is 14.0. The number of nitrogens with one attached hydrogen (secondary N) is 1. The van der Waals surface area contributed by atoms with Gasteiger partial charge in [-0.05, 0) is 42.3 Å². The SMILES string of the molecule is O=C(NCC1CCCCC1Cl)c1cc2ccc(F)cc2s1. The van der Waals surface area contributed by atoms with Crippen molar-refractivity contribution < 1.29 is 9.18 Å². The van der Waals surface area contributed by atoms with Gasteiger partial charge in [-0.15, -0.1) is 22.9 Å². The molecule has 3 rings (SSSR count). The number of fused-ring (bicyclic) bond motifs is 1. The fraction of sp³-hybridized carbons (Fsp3) is 0.438. The van der Waals surface area contributed by atoms with Gasteiger partial charge >= 0.3 is 0 Å². The van der Waals surface area contributed by atoms with Gasteiger partial charge < -0.3 is 5.32 Å². The van der Waals surface area contributed by atoms with Crippen molar-refractivity contribution in [2.75, 3.05) is 6.54 Å². The summed E-state index contributed by atoms with van der Waals surface area (Å²) in [5.41, 5.74) is 0. The van der Waals surface area contributed by atoms with Crippen LogP contribution in [0.2, 0.25) is 0 Å². The molecule has 1 heterocycles. The van der Waals surface area contributed by atoms with Crippen LogP contribution in [-0.2, 0) is 0 Å². The van der Waals surface area contributed by atoms with Gasteiger partial charge in [0.2, 0.25) is 0 Å². The van der Waals surface area contributed by atoms with Crippen LogP contribution in [0.25, 0.3) is 10.1 Å². The summed E-state index contributed by atoms with van der Waals surface area (Å²) in [6.45, 7) is 0.621. The Labute approximate surface area is 132 Å². The van der Waals surface area contributed by atoms with Gasteiger partial charge in [0.15, 0.2) is 0 Å². The molecule has 1 amide bonds. The van der Waals surface area contributed by atoms with E-state index in [0.717, 1.165) is 22.9 Å². The molecular weight excluding hydrogens is 309 g/mol. The maximum Gasteiger partial charge on any atom is 0.261 e. The van der Waals surface area contributed by atoms with E-state index < -0.39 is 0 Å². The number of thiophene rings is 1. The highest BCUT2D eigenvalue weighted by molar-refractivity contribution is 7.20.